The second-order valence-corrected chi connectivity index (χ2v) is 6.79. The lowest BCUT2D eigenvalue weighted by Crippen LogP contribution is -2.19. The molecule has 0 amide bonds. The summed E-state index contributed by atoms with van der Waals surface area (Å²) in [6.45, 7) is 2.00. The highest BCUT2D eigenvalue weighted by molar-refractivity contribution is 6.30. The largest absolute Gasteiger partial charge is 0.464 e. The third-order valence-electron chi connectivity index (χ3n) is 4.64. The Bertz CT molecular complexity index is 963. The van der Waals surface area contributed by atoms with Crippen LogP contribution in [0.4, 0.5) is 5.82 Å². The van der Waals surface area contributed by atoms with Gasteiger partial charge in [0.2, 0.25) is 0 Å². The molecular weight excluding hydrogens is 352 g/mol. The Kier molecular flexibility index (Phi) is 4.51. The topological polar surface area (TPSA) is 59.7 Å². The van der Waals surface area contributed by atoms with Crippen molar-refractivity contribution in [1.82, 2.24) is 14.6 Å². The average Bonchev–Trinajstić information content (AvgIpc) is 3.29. The van der Waals surface area contributed by atoms with Crippen molar-refractivity contribution in [3.05, 3.63) is 58.5 Å². The van der Waals surface area contributed by atoms with E-state index in [1.54, 1.807) is 6.07 Å². The lowest BCUT2D eigenvalue weighted by Gasteiger charge is -2.16. The van der Waals surface area contributed by atoms with Crippen LogP contribution in [0.25, 0.3) is 5.52 Å². The molecule has 4 rings (SSSR count). The molecule has 1 aliphatic heterocycles. The van der Waals surface area contributed by atoms with Gasteiger partial charge in [-0.05, 0) is 37.1 Å². The minimum Gasteiger partial charge on any atom is -0.464 e. The number of hydrogen-bond donors (Lipinski definition) is 0. The standard InChI is InChI=1S/C19H19ClN4O2/c1-26-19(25)16-6-4-5-14(21-16)11-15-17-8-7-13(20)12-24(17)22-18(15)23-9-2-3-10-23/h4-8,12H,2-3,9-11H2,1H3. The summed E-state index contributed by atoms with van der Waals surface area (Å²) in [7, 11) is 1.36. The van der Waals surface area contributed by atoms with E-state index in [2.05, 4.69) is 9.88 Å². The van der Waals surface area contributed by atoms with Crippen LogP contribution >= 0.6 is 11.6 Å². The Morgan fingerprint density at radius 3 is 2.81 bits per heavy atom. The molecule has 0 aromatic carbocycles. The number of hydrogen-bond acceptors (Lipinski definition) is 5. The van der Waals surface area contributed by atoms with Crippen molar-refractivity contribution < 1.29 is 9.53 Å². The van der Waals surface area contributed by atoms with Gasteiger partial charge in [-0.1, -0.05) is 17.7 Å². The van der Waals surface area contributed by atoms with Crippen LogP contribution in [-0.4, -0.2) is 40.8 Å². The van der Waals surface area contributed by atoms with Gasteiger partial charge in [-0.2, -0.15) is 0 Å². The van der Waals surface area contributed by atoms with E-state index in [1.165, 1.54) is 20.0 Å². The Morgan fingerprint density at radius 1 is 1.23 bits per heavy atom. The van der Waals surface area contributed by atoms with Crippen LogP contribution in [0.3, 0.4) is 0 Å². The summed E-state index contributed by atoms with van der Waals surface area (Å²) in [5.74, 6) is 0.535. The minimum atomic E-state index is -0.432. The van der Waals surface area contributed by atoms with Gasteiger partial charge in [0, 0.05) is 37.0 Å². The average molecular weight is 371 g/mol. The summed E-state index contributed by atoms with van der Waals surface area (Å²) in [6.07, 6.45) is 4.74. The first-order valence-corrected chi connectivity index (χ1v) is 8.99. The van der Waals surface area contributed by atoms with Crippen LogP contribution in [0.1, 0.15) is 34.6 Å². The molecule has 1 saturated heterocycles. The first-order chi connectivity index (χ1) is 12.7. The number of rotatable bonds is 4. The molecule has 1 aliphatic rings. The van der Waals surface area contributed by atoms with Crippen LogP contribution in [-0.2, 0) is 11.2 Å². The highest BCUT2D eigenvalue weighted by Gasteiger charge is 2.22. The molecule has 0 aliphatic carbocycles. The fourth-order valence-electron chi connectivity index (χ4n) is 3.39. The molecule has 26 heavy (non-hydrogen) atoms. The zero-order chi connectivity index (χ0) is 18.1. The van der Waals surface area contributed by atoms with Crippen LogP contribution in [0.5, 0.6) is 0 Å². The number of pyridine rings is 2. The quantitative estimate of drug-likeness (QED) is 0.659. The van der Waals surface area contributed by atoms with E-state index in [9.17, 15) is 4.79 Å². The normalized spacial score (nSPS) is 14.2. The van der Waals surface area contributed by atoms with Crippen molar-refractivity contribution >= 4 is 28.9 Å². The van der Waals surface area contributed by atoms with E-state index in [1.807, 2.05) is 35.0 Å². The van der Waals surface area contributed by atoms with E-state index < -0.39 is 5.97 Å². The zero-order valence-electron chi connectivity index (χ0n) is 14.5. The Labute approximate surface area is 156 Å². The van der Waals surface area contributed by atoms with E-state index in [-0.39, 0.29) is 0 Å². The summed E-state index contributed by atoms with van der Waals surface area (Å²) in [5, 5.41) is 5.41. The number of nitrogens with zero attached hydrogens (tertiary/aromatic N) is 4. The molecule has 0 unspecified atom stereocenters. The number of esters is 1. The van der Waals surface area contributed by atoms with Crippen molar-refractivity contribution in [2.24, 2.45) is 0 Å². The molecular formula is C19H19ClN4O2. The van der Waals surface area contributed by atoms with Crippen molar-refractivity contribution in [2.45, 2.75) is 19.3 Å². The van der Waals surface area contributed by atoms with Crippen molar-refractivity contribution in [2.75, 3.05) is 25.1 Å². The van der Waals surface area contributed by atoms with Crippen molar-refractivity contribution in [1.29, 1.82) is 0 Å². The number of anilines is 1. The van der Waals surface area contributed by atoms with Crippen LogP contribution in [0.2, 0.25) is 5.02 Å². The SMILES string of the molecule is COC(=O)c1cccc(Cc2c(N3CCCC3)nn3cc(Cl)ccc23)n1. The highest BCUT2D eigenvalue weighted by Crippen LogP contribution is 2.29. The van der Waals surface area contributed by atoms with E-state index in [0.29, 0.717) is 17.1 Å². The predicted molar refractivity (Wildman–Crippen MR) is 100 cm³/mol. The van der Waals surface area contributed by atoms with Gasteiger partial charge in [-0.15, -0.1) is 5.10 Å². The van der Waals surface area contributed by atoms with Gasteiger partial charge in [-0.25, -0.2) is 14.3 Å². The van der Waals surface area contributed by atoms with Gasteiger partial charge in [-0.3, -0.25) is 0 Å². The first-order valence-electron chi connectivity index (χ1n) is 8.61. The van der Waals surface area contributed by atoms with Crippen LogP contribution in [0.15, 0.2) is 36.5 Å². The van der Waals surface area contributed by atoms with Crippen molar-refractivity contribution in [3.8, 4) is 0 Å². The molecule has 1 fully saturated rings. The molecule has 0 bridgehead atoms. The molecule has 0 N–H and O–H groups in total. The molecule has 0 atom stereocenters. The molecule has 4 heterocycles. The molecule has 6 nitrogen and oxygen atoms in total. The molecule has 134 valence electrons. The monoisotopic (exact) mass is 370 g/mol. The second-order valence-electron chi connectivity index (χ2n) is 6.36. The maximum atomic E-state index is 11.8. The third-order valence-corrected chi connectivity index (χ3v) is 4.86. The molecule has 0 radical (unpaired) electrons. The first kappa shape index (κ1) is 16.8. The van der Waals surface area contributed by atoms with Gasteiger partial charge in [0.05, 0.1) is 17.6 Å². The summed E-state index contributed by atoms with van der Waals surface area (Å²) >= 11 is 6.13. The molecule has 0 saturated carbocycles. The molecule has 7 heteroatoms. The number of fused-ring (bicyclic) bond motifs is 1. The molecule has 3 aromatic heterocycles. The smallest absolute Gasteiger partial charge is 0.356 e. The number of halogens is 1. The Morgan fingerprint density at radius 2 is 2.04 bits per heavy atom. The van der Waals surface area contributed by atoms with E-state index >= 15 is 0 Å². The molecule has 3 aromatic rings. The Hall–Kier alpha value is -2.60. The minimum absolute atomic E-state index is 0.312. The van der Waals surface area contributed by atoms with Gasteiger partial charge >= 0.3 is 5.97 Å². The summed E-state index contributed by atoms with van der Waals surface area (Å²) in [5.41, 5.74) is 3.21. The maximum Gasteiger partial charge on any atom is 0.356 e. The fraction of sp³-hybridized carbons (Fsp3) is 0.316. The number of carbonyl (C=O) groups is 1. The van der Waals surface area contributed by atoms with Gasteiger partial charge in [0.15, 0.2) is 5.82 Å². The number of aromatic nitrogens is 3. The fourth-order valence-corrected chi connectivity index (χ4v) is 3.55. The lowest BCUT2D eigenvalue weighted by atomic mass is 10.1. The van der Waals surface area contributed by atoms with E-state index in [0.717, 1.165) is 35.7 Å². The zero-order valence-corrected chi connectivity index (χ0v) is 15.2. The van der Waals surface area contributed by atoms with Crippen LogP contribution < -0.4 is 4.90 Å². The van der Waals surface area contributed by atoms with Gasteiger partial charge in [0.25, 0.3) is 0 Å². The maximum absolute atomic E-state index is 11.8. The number of methoxy groups -OCH3 is 1. The van der Waals surface area contributed by atoms with Crippen LogP contribution in [0, 0.1) is 0 Å². The number of ether oxygens (including phenoxy) is 1. The summed E-state index contributed by atoms with van der Waals surface area (Å²) in [6, 6.07) is 9.25. The van der Waals surface area contributed by atoms with E-state index in [4.69, 9.17) is 21.4 Å². The summed E-state index contributed by atoms with van der Waals surface area (Å²) < 4.78 is 6.60. The predicted octanol–water partition coefficient (Wildman–Crippen LogP) is 3.36. The van der Waals surface area contributed by atoms with Gasteiger partial charge in [0.1, 0.15) is 5.69 Å². The second kappa shape index (κ2) is 6.96. The van der Waals surface area contributed by atoms with Crippen molar-refractivity contribution in [3.63, 3.8) is 0 Å². The third kappa shape index (κ3) is 3.12. The van der Waals surface area contributed by atoms with Gasteiger partial charge < -0.3 is 9.64 Å². The number of carbonyl (C=O) groups excluding carboxylic acids is 1. The Balaban J connectivity index is 1.77. The molecule has 0 spiro atoms. The summed E-state index contributed by atoms with van der Waals surface area (Å²) in [4.78, 5) is 18.5. The lowest BCUT2D eigenvalue weighted by molar-refractivity contribution is 0.0593. The highest BCUT2D eigenvalue weighted by atomic mass is 35.5.